The molecule has 0 saturated carbocycles. The normalized spacial score (nSPS) is 31.3. The van der Waals surface area contributed by atoms with E-state index < -0.39 is 12.0 Å². The molecule has 0 spiro atoms. The summed E-state index contributed by atoms with van der Waals surface area (Å²) in [5, 5.41) is 9.27. The minimum absolute atomic E-state index is 0.0462. The molecular weight excluding hydrogens is 244 g/mol. The lowest BCUT2D eigenvalue weighted by Crippen LogP contribution is -2.48. The van der Waals surface area contributed by atoms with Crippen LogP contribution < -0.4 is 0 Å². The van der Waals surface area contributed by atoms with Crippen molar-refractivity contribution in [3.8, 4) is 0 Å². The van der Waals surface area contributed by atoms with Crippen molar-refractivity contribution < 1.29 is 14.7 Å². The molecule has 2 amide bonds. The molecule has 3 atom stereocenters. The lowest BCUT2D eigenvalue weighted by molar-refractivity contribution is -0.142. The van der Waals surface area contributed by atoms with Gasteiger partial charge in [0.15, 0.2) is 0 Å². The third-order valence-electron chi connectivity index (χ3n) is 4.64. The van der Waals surface area contributed by atoms with Crippen LogP contribution in [0.5, 0.6) is 0 Å². The van der Waals surface area contributed by atoms with Crippen LogP contribution >= 0.6 is 0 Å². The Kier molecular flexibility index (Phi) is 4.02. The van der Waals surface area contributed by atoms with Gasteiger partial charge in [-0.15, -0.1) is 0 Å². The molecule has 108 valence electrons. The Balaban J connectivity index is 2.02. The van der Waals surface area contributed by atoms with Crippen molar-refractivity contribution >= 4 is 12.0 Å². The molecule has 2 aliphatic heterocycles. The van der Waals surface area contributed by atoms with Crippen molar-refractivity contribution in [2.75, 3.05) is 19.6 Å². The van der Waals surface area contributed by atoms with Crippen LogP contribution in [-0.4, -0.2) is 52.6 Å². The molecule has 1 N–H and O–H groups in total. The number of rotatable bonds is 2. The highest BCUT2D eigenvalue weighted by atomic mass is 16.4. The molecule has 0 radical (unpaired) electrons. The van der Waals surface area contributed by atoms with Gasteiger partial charge in [0.1, 0.15) is 6.04 Å². The van der Waals surface area contributed by atoms with Crippen molar-refractivity contribution in [3.63, 3.8) is 0 Å². The Morgan fingerprint density at radius 1 is 1.21 bits per heavy atom. The molecule has 0 aliphatic carbocycles. The van der Waals surface area contributed by atoms with E-state index in [1.165, 1.54) is 0 Å². The molecule has 3 unspecified atom stereocenters. The van der Waals surface area contributed by atoms with Crippen LogP contribution in [0, 0.1) is 17.8 Å². The highest BCUT2D eigenvalue weighted by molar-refractivity contribution is 5.83. The number of hydrogen-bond acceptors (Lipinski definition) is 2. The molecule has 0 aromatic heterocycles. The Hall–Kier alpha value is -1.26. The monoisotopic (exact) mass is 268 g/mol. The van der Waals surface area contributed by atoms with Crippen LogP contribution in [0.25, 0.3) is 0 Å². The van der Waals surface area contributed by atoms with Crippen LogP contribution in [-0.2, 0) is 4.79 Å². The van der Waals surface area contributed by atoms with Crippen molar-refractivity contribution in [1.29, 1.82) is 0 Å². The van der Waals surface area contributed by atoms with E-state index in [4.69, 9.17) is 0 Å². The molecule has 2 saturated heterocycles. The molecule has 19 heavy (non-hydrogen) atoms. The van der Waals surface area contributed by atoms with Crippen LogP contribution in [0.3, 0.4) is 0 Å². The third kappa shape index (κ3) is 2.69. The first-order chi connectivity index (χ1) is 8.91. The van der Waals surface area contributed by atoms with Gasteiger partial charge in [-0.2, -0.15) is 0 Å². The minimum atomic E-state index is -0.877. The molecule has 2 rings (SSSR count). The number of carboxylic acids is 1. The first-order valence-corrected chi connectivity index (χ1v) is 7.20. The molecule has 0 bridgehead atoms. The van der Waals surface area contributed by atoms with Gasteiger partial charge in [0, 0.05) is 19.6 Å². The third-order valence-corrected chi connectivity index (χ3v) is 4.64. The van der Waals surface area contributed by atoms with Gasteiger partial charge in [0.2, 0.25) is 0 Å². The van der Waals surface area contributed by atoms with Gasteiger partial charge < -0.3 is 14.9 Å². The largest absolute Gasteiger partial charge is 0.480 e. The number of urea groups is 1. The number of nitrogens with zero attached hydrogens (tertiary/aromatic N) is 2. The molecule has 2 heterocycles. The fraction of sp³-hybridized carbons (Fsp3) is 0.857. The second-order valence-corrected chi connectivity index (χ2v) is 6.26. The van der Waals surface area contributed by atoms with Gasteiger partial charge in [-0.3, -0.25) is 0 Å². The number of likely N-dealkylation sites (tertiary alicyclic amines) is 2. The highest BCUT2D eigenvalue weighted by Crippen LogP contribution is 2.29. The van der Waals surface area contributed by atoms with Crippen molar-refractivity contribution in [1.82, 2.24) is 9.80 Å². The van der Waals surface area contributed by atoms with Crippen molar-refractivity contribution in [2.45, 2.75) is 39.7 Å². The summed E-state index contributed by atoms with van der Waals surface area (Å²) in [5.41, 5.74) is 0. The Bertz CT molecular complexity index is 370. The second kappa shape index (κ2) is 5.39. The number of carbonyl (C=O) groups is 2. The predicted octanol–water partition coefficient (Wildman–Crippen LogP) is 1.88. The highest BCUT2D eigenvalue weighted by Gasteiger charge is 2.42. The summed E-state index contributed by atoms with van der Waals surface area (Å²) in [6, 6.07) is -0.731. The molecule has 5 nitrogen and oxygen atoms in total. The topological polar surface area (TPSA) is 60.9 Å². The average Bonchev–Trinajstić information content (AvgIpc) is 2.93. The fourth-order valence-corrected chi connectivity index (χ4v) is 3.23. The maximum atomic E-state index is 12.5. The molecule has 2 fully saturated rings. The van der Waals surface area contributed by atoms with Crippen LogP contribution in [0.1, 0.15) is 33.6 Å². The Morgan fingerprint density at radius 2 is 1.89 bits per heavy atom. The van der Waals surface area contributed by atoms with E-state index >= 15 is 0 Å². The molecule has 5 heteroatoms. The maximum absolute atomic E-state index is 12.5. The second-order valence-electron chi connectivity index (χ2n) is 6.26. The zero-order valence-corrected chi connectivity index (χ0v) is 12.0. The first kappa shape index (κ1) is 14.2. The summed E-state index contributed by atoms with van der Waals surface area (Å²) in [5.74, 6) is 0.292. The van der Waals surface area contributed by atoms with E-state index in [0.29, 0.717) is 18.4 Å². The number of hydrogen-bond donors (Lipinski definition) is 1. The van der Waals surface area contributed by atoms with E-state index in [1.807, 2.05) is 11.8 Å². The quantitative estimate of drug-likeness (QED) is 0.831. The molecule has 2 aliphatic rings. The van der Waals surface area contributed by atoms with Gasteiger partial charge in [-0.25, -0.2) is 9.59 Å². The smallest absolute Gasteiger partial charge is 0.326 e. The summed E-state index contributed by atoms with van der Waals surface area (Å²) in [6.07, 6.45) is 1.81. The van der Waals surface area contributed by atoms with Gasteiger partial charge in [-0.05, 0) is 30.6 Å². The predicted molar refractivity (Wildman–Crippen MR) is 71.8 cm³/mol. The lowest BCUT2D eigenvalue weighted by atomic mass is 9.95. The molecular formula is C14H24N2O3. The Labute approximate surface area is 114 Å². The lowest BCUT2D eigenvalue weighted by Gasteiger charge is -2.28. The SMILES string of the molecule is CC(C)C1CCN(C(=O)N2CCC(C)C2C(=O)O)C1. The molecule has 0 aromatic carbocycles. The number of carbonyl (C=O) groups excluding carboxylic acids is 1. The average molecular weight is 268 g/mol. The van der Waals surface area contributed by atoms with Crippen LogP contribution in [0.2, 0.25) is 0 Å². The van der Waals surface area contributed by atoms with Gasteiger partial charge in [0.05, 0.1) is 0 Å². The van der Waals surface area contributed by atoms with Crippen LogP contribution in [0.4, 0.5) is 4.79 Å². The summed E-state index contributed by atoms with van der Waals surface area (Å²) >= 11 is 0. The van der Waals surface area contributed by atoms with Gasteiger partial charge in [-0.1, -0.05) is 20.8 Å². The number of amides is 2. The van der Waals surface area contributed by atoms with E-state index in [1.54, 1.807) is 4.90 Å². The molecule has 0 aromatic rings. The van der Waals surface area contributed by atoms with E-state index in [9.17, 15) is 14.7 Å². The summed E-state index contributed by atoms with van der Waals surface area (Å²) in [7, 11) is 0. The summed E-state index contributed by atoms with van der Waals surface area (Å²) < 4.78 is 0. The number of carboxylic acid groups (broad SMARTS) is 1. The maximum Gasteiger partial charge on any atom is 0.326 e. The van der Waals surface area contributed by atoms with Crippen molar-refractivity contribution in [3.05, 3.63) is 0 Å². The van der Waals surface area contributed by atoms with Crippen molar-refractivity contribution in [2.24, 2.45) is 17.8 Å². The number of aliphatic carboxylic acids is 1. The minimum Gasteiger partial charge on any atom is -0.480 e. The van der Waals surface area contributed by atoms with Gasteiger partial charge in [0.25, 0.3) is 0 Å². The van der Waals surface area contributed by atoms with Gasteiger partial charge >= 0.3 is 12.0 Å². The first-order valence-electron chi connectivity index (χ1n) is 7.20. The van der Waals surface area contributed by atoms with E-state index in [2.05, 4.69) is 13.8 Å². The van der Waals surface area contributed by atoms with Crippen LogP contribution in [0.15, 0.2) is 0 Å². The summed E-state index contributed by atoms with van der Waals surface area (Å²) in [4.78, 5) is 27.1. The standard InChI is InChI=1S/C14H24N2O3/c1-9(2)11-5-6-15(8-11)14(19)16-7-4-10(3)12(16)13(17)18/h9-12H,4-8H2,1-3H3,(H,17,18). The van der Waals surface area contributed by atoms with E-state index in [-0.39, 0.29) is 11.9 Å². The Morgan fingerprint density at radius 3 is 2.42 bits per heavy atom. The fourth-order valence-electron chi connectivity index (χ4n) is 3.23. The zero-order valence-electron chi connectivity index (χ0n) is 12.0. The van der Waals surface area contributed by atoms with E-state index in [0.717, 1.165) is 25.9 Å². The zero-order chi connectivity index (χ0) is 14.2. The summed E-state index contributed by atoms with van der Waals surface area (Å²) in [6.45, 7) is 8.37.